The van der Waals surface area contributed by atoms with Crippen LogP contribution in [0.15, 0.2) is 47.3 Å². The molecule has 0 aliphatic heterocycles. The molecule has 3 aromatic rings. The number of aromatic nitrogens is 4. The average molecular weight is 340 g/mol. The second-order valence-corrected chi connectivity index (χ2v) is 5.42. The predicted molar refractivity (Wildman–Crippen MR) is 82.1 cm³/mol. The minimum atomic E-state index is 0.492. The van der Waals surface area contributed by atoms with Gasteiger partial charge in [-0.25, -0.2) is 0 Å². The molecule has 21 heavy (non-hydrogen) atoms. The Balaban J connectivity index is 2.26. The molecule has 102 valence electrons. The molecule has 2 heterocycles. The lowest BCUT2D eigenvalue weighted by Gasteiger charge is -2.09. The van der Waals surface area contributed by atoms with E-state index in [1.54, 1.807) is 23.2 Å². The van der Waals surface area contributed by atoms with Crippen LogP contribution in [-0.2, 0) is 7.05 Å². The van der Waals surface area contributed by atoms with Gasteiger partial charge < -0.3 is 4.57 Å². The smallest absolute Gasteiger partial charge is 0.165 e. The normalized spacial score (nSPS) is 10.3. The third-order valence-electron chi connectivity index (χ3n) is 3.07. The van der Waals surface area contributed by atoms with Crippen LogP contribution in [0.3, 0.4) is 0 Å². The molecule has 2 aromatic heterocycles. The van der Waals surface area contributed by atoms with Gasteiger partial charge in [-0.15, -0.1) is 10.2 Å². The first-order valence-corrected chi connectivity index (χ1v) is 6.99. The fourth-order valence-electron chi connectivity index (χ4n) is 2.09. The maximum absolute atomic E-state index is 9.09. The molecule has 0 saturated carbocycles. The van der Waals surface area contributed by atoms with Gasteiger partial charge in [-0.2, -0.15) is 5.26 Å². The lowest BCUT2D eigenvalue weighted by atomic mass is 10.0. The van der Waals surface area contributed by atoms with Crippen LogP contribution in [0.5, 0.6) is 0 Å². The summed E-state index contributed by atoms with van der Waals surface area (Å²) in [6.45, 7) is 0. The van der Waals surface area contributed by atoms with E-state index in [0.717, 1.165) is 21.3 Å². The number of nitriles is 1. The second-order valence-electron chi connectivity index (χ2n) is 4.51. The minimum Gasteiger partial charge on any atom is -0.317 e. The van der Waals surface area contributed by atoms with Crippen molar-refractivity contribution in [1.82, 2.24) is 19.7 Å². The monoisotopic (exact) mass is 339 g/mol. The van der Waals surface area contributed by atoms with Gasteiger partial charge in [-0.1, -0.05) is 28.1 Å². The topological polar surface area (TPSA) is 67.4 Å². The average Bonchev–Trinajstić information content (AvgIpc) is 2.92. The number of hydrogen-bond donors (Lipinski definition) is 0. The van der Waals surface area contributed by atoms with Crippen molar-refractivity contribution in [2.45, 2.75) is 0 Å². The van der Waals surface area contributed by atoms with Crippen LogP contribution >= 0.6 is 15.9 Å². The van der Waals surface area contributed by atoms with Crippen LogP contribution in [0.25, 0.3) is 22.6 Å². The number of halogens is 1. The van der Waals surface area contributed by atoms with Crippen molar-refractivity contribution in [3.8, 4) is 28.7 Å². The highest BCUT2D eigenvalue weighted by Gasteiger charge is 2.14. The molecule has 0 spiro atoms. The molecule has 0 aliphatic carbocycles. The van der Waals surface area contributed by atoms with Crippen LogP contribution in [0.1, 0.15) is 5.56 Å². The van der Waals surface area contributed by atoms with E-state index in [1.807, 2.05) is 31.3 Å². The summed E-state index contributed by atoms with van der Waals surface area (Å²) in [5.74, 6) is 0.676. The summed E-state index contributed by atoms with van der Waals surface area (Å²) in [4.78, 5) is 4.43. The maximum Gasteiger partial charge on any atom is 0.165 e. The van der Waals surface area contributed by atoms with E-state index in [0.29, 0.717) is 11.4 Å². The van der Waals surface area contributed by atoms with Gasteiger partial charge in [0.15, 0.2) is 5.82 Å². The van der Waals surface area contributed by atoms with Crippen molar-refractivity contribution >= 4 is 15.9 Å². The quantitative estimate of drug-likeness (QED) is 0.719. The standard InChI is InChI=1S/C15H10BrN5/c1-21-9-19-20-15(21)13-5-10(7-17)8-18-14(13)11-3-2-4-12(16)6-11/h2-6,8-9H,1H3. The van der Waals surface area contributed by atoms with Crippen LogP contribution < -0.4 is 0 Å². The number of pyridine rings is 1. The van der Waals surface area contributed by atoms with Gasteiger partial charge >= 0.3 is 0 Å². The summed E-state index contributed by atoms with van der Waals surface area (Å²) in [5, 5.41) is 17.1. The molecule has 3 rings (SSSR count). The van der Waals surface area contributed by atoms with Gasteiger partial charge in [0, 0.05) is 28.8 Å². The van der Waals surface area contributed by atoms with E-state index in [4.69, 9.17) is 5.26 Å². The Bertz CT molecular complexity index is 847. The fourth-order valence-corrected chi connectivity index (χ4v) is 2.49. The molecule has 1 aromatic carbocycles. The Hall–Kier alpha value is -2.52. The van der Waals surface area contributed by atoms with Crippen molar-refractivity contribution in [3.63, 3.8) is 0 Å². The number of hydrogen-bond acceptors (Lipinski definition) is 4. The zero-order valence-corrected chi connectivity index (χ0v) is 12.7. The SMILES string of the molecule is Cn1cnnc1-c1cc(C#N)cnc1-c1cccc(Br)c1. The Morgan fingerprint density at radius 1 is 1.29 bits per heavy atom. The first-order valence-electron chi connectivity index (χ1n) is 6.19. The van der Waals surface area contributed by atoms with Gasteiger partial charge in [-0.3, -0.25) is 4.98 Å². The van der Waals surface area contributed by atoms with E-state index >= 15 is 0 Å². The van der Waals surface area contributed by atoms with Gasteiger partial charge in [0.2, 0.25) is 0 Å². The number of aryl methyl sites for hydroxylation is 1. The van der Waals surface area contributed by atoms with Crippen LogP contribution in [0, 0.1) is 11.3 Å². The largest absolute Gasteiger partial charge is 0.317 e. The Labute approximate surface area is 130 Å². The first-order chi connectivity index (χ1) is 10.2. The second kappa shape index (κ2) is 5.46. The zero-order chi connectivity index (χ0) is 14.8. The van der Waals surface area contributed by atoms with Crippen molar-refractivity contribution in [3.05, 3.63) is 52.9 Å². The highest BCUT2D eigenvalue weighted by Crippen LogP contribution is 2.30. The Morgan fingerprint density at radius 3 is 2.81 bits per heavy atom. The van der Waals surface area contributed by atoms with Crippen LogP contribution in [0.2, 0.25) is 0 Å². The molecule has 0 bridgehead atoms. The van der Waals surface area contributed by atoms with Crippen molar-refractivity contribution in [2.75, 3.05) is 0 Å². The van der Waals surface area contributed by atoms with E-state index in [1.165, 1.54) is 0 Å². The lowest BCUT2D eigenvalue weighted by Crippen LogP contribution is -1.97. The molecule has 6 heteroatoms. The molecule has 5 nitrogen and oxygen atoms in total. The summed E-state index contributed by atoms with van der Waals surface area (Å²) in [7, 11) is 1.86. The van der Waals surface area contributed by atoms with E-state index in [-0.39, 0.29) is 0 Å². The summed E-state index contributed by atoms with van der Waals surface area (Å²) >= 11 is 3.46. The fraction of sp³-hybridized carbons (Fsp3) is 0.0667. The molecule has 0 amide bonds. The molecule has 0 aliphatic rings. The van der Waals surface area contributed by atoms with Crippen molar-refractivity contribution in [1.29, 1.82) is 5.26 Å². The van der Waals surface area contributed by atoms with E-state index in [9.17, 15) is 0 Å². The zero-order valence-electron chi connectivity index (χ0n) is 11.2. The molecular formula is C15H10BrN5. The maximum atomic E-state index is 9.09. The molecular weight excluding hydrogens is 330 g/mol. The molecule has 0 fully saturated rings. The third-order valence-corrected chi connectivity index (χ3v) is 3.56. The summed E-state index contributed by atoms with van der Waals surface area (Å²) in [5.41, 5.74) is 3.00. The minimum absolute atomic E-state index is 0.492. The number of rotatable bonds is 2. The van der Waals surface area contributed by atoms with Gasteiger partial charge in [0.05, 0.1) is 11.3 Å². The van der Waals surface area contributed by atoms with Gasteiger partial charge in [0.1, 0.15) is 12.4 Å². The Morgan fingerprint density at radius 2 is 2.14 bits per heavy atom. The van der Waals surface area contributed by atoms with Gasteiger partial charge in [0.25, 0.3) is 0 Å². The third kappa shape index (κ3) is 2.56. The van der Waals surface area contributed by atoms with Crippen LogP contribution in [0.4, 0.5) is 0 Å². The summed E-state index contributed by atoms with van der Waals surface area (Å²) < 4.78 is 2.77. The van der Waals surface area contributed by atoms with Crippen LogP contribution in [-0.4, -0.2) is 19.7 Å². The summed E-state index contributed by atoms with van der Waals surface area (Å²) in [6.07, 6.45) is 3.19. The molecule has 0 atom stereocenters. The van der Waals surface area contributed by atoms with Gasteiger partial charge in [-0.05, 0) is 18.2 Å². The number of nitrogens with zero attached hydrogens (tertiary/aromatic N) is 5. The molecule has 0 unspecified atom stereocenters. The lowest BCUT2D eigenvalue weighted by molar-refractivity contribution is 0.919. The molecule has 0 radical (unpaired) electrons. The number of benzene rings is 1. The highest BCUT2D eigenvalue weighted by molar-refractivity contribution is 9.10. The van der Waals surface area contributed by atoms with Crippen molar-refractivity contribution < 1.29 is 0 Å². The highest BCUT2D eigenvalue weighted by atomic mass is 79.9. The van der Waals surface area contributed by atoms with E-state index in [2.05, 4.69) is 37.2 Å². The van der Waals surface area contributed by atoms with E-state index < -0.39 is 0 Å². The molecule has 0 saturated heterocycles. The molecule has 0 N–H and O–H groups in total. The predicted octanol–water partition coefficient (Wildman–Crippen LogP) is 3.18. The van der Waals surface area contributed by atoms with Crippen molar-refractivity contribution in [2.24, 2.45) is 7.05 Å². The summed E-state index contributed by atoms with van der Waals surface area (Å²) in [6, 6.07) is 11.7. The Kier molecular flexibility index (Phi) is 3.50. The first kappa shape index (κ1) is 13.5.